The molecule has 0 saturated carbocycles. The van der Waals surface area contributed by atoms with Crippen molar-refractivity contribution < 1.29 is 22.4 Å². The van der Waals surface area contributed by atoms with Crippen LogP contribution in [0.3, 0.4) is 0 Å². The fraction of sp³-hybridized carbons (Fsp3) is 0.333. The van der Waals surface area contributed by atoms with E-state index in [1.54, 1.807) is 42.6 Å². The van der Waals surface area contributed by atoms with Crippen molar-refractivity contribution in [1.82, 2.24) is 14.5 Å². The van der Waals surface area contributed by atoms with Crippen LogP contribution < -0.4 is 10.1 Å². The number of benzene rings is 1. The van der Waals surface area contributed by atoms with E-state index < -0.39 is 15.9 Å². The van der Waals surface area contributed by atoms with Gasteiger partial charge in [0.25, 0.3) is 10.0 Å². The highest BCUT2D eigenvalue weighted by Crippen LogP contribution is 2.28. The predicted octanol–water partition coefficient (Wildman–Crippen LogP) is 3.11. The first kappa shape index (κ1) is 21.1. The predicted molar refractivity (Wildman–Crippen MR) is 114 cm³/mol. The fourth-order valence-electron chi connectivity index (χ4n) is 3.54. The minimum atomic E-state index is -3.85. The van der Waals surface area contributed by atoms with Gasteiger partial charge in [0.2, 0.25) is 11.0 Å². The standard InChI is InChI=1S/C21H24N4O5S/c1-2-29-17-7-5-16(6-8-17)23-21(26)15-4-3-13-25(14-15)31(27,28)20-10-9-19(30-20)18-11-12-22-24-18/h5-12,15H,2-4,13-14H2,1H3,(H,22,24)(H,23,26)/t15-/m0/s1. The number of nitrogens with one attached hydrogen (secondary N) is 2. The van der Waals surface area contributed by atoms with Crippen LogP contribution >= 0.6 is 0 Å². The first-order valence-electron chi connectivity index (χ1n) is 10.1. The molecule has 1 saturated heterocycles. The number of hydrogen-bond donors (Lipinski definition) is 2. The van der Waals surface area contributed by atoms with Crippen molar-refractivity contribution in [3.05, 3.63) is 48.7 Å². The van der Waals surface area contributed by atoms with Crippen LogP contribution in [0.4, 0.5) is 5.69 Å². The number of aromatic nitrogens is 2. The zero-order valence-electron chi connectivity index (χ0n) is 17.1. The summed E-state index contributed by atoms with van der Waals surface area (Å²) in [6.45, 7) is 2.91. The number of amides is 1. The normalized spacial score (nSPS) is 17.4. The maximum absolute atomic E-state index is 13.1. The number of H-pyrrole nitrogens is 1. The van der Waals surface area contributed by atoms with Crippen molar-refractivity contribution >= 4 is 21.6 Å². The first-order chi connectivity index (χ1) is 15.0. The molecule has 1 aliphatic heterocycles. The Morgan fingerprint density at radius 1 is 1.26 bits per heavy atom. The summed E-state index contributed by atoms with van der Waals surface area (Å²) in [6.07, 6.45) is 2.77. The summed E-state index contributed by atoms with van der Waals surface area (Å²) in [4.78, 5) is 12.7. The Labute approximate surface area is 180 Å². The summed E-state index contributed by atoms with van der Waals surface area (Å²) >= 11 is 0. The topological polar surface area (TPSA) is 118 Å². The molecule has 3 heterocycles. The molecule has 4 rings (SSSR count). The molecule has 0 unspecified atom stereocenters. The van der Waals surface area contributed by atoms with E-state index in [1.807, 2.05) is 6.92 Å². The van der Waals surface area contributed by atoms with E-state index in [0.29, 0.717) is 43.1 Å². The van der Waals surface area contributed by atoms with Crippen molar-refractivity contribution in [3.63, 3.8) is 0 Å². The monoisotopic (exact) mass is 444 g/mol. The molecule has 1 aromatic carbocycles. The van der Waals surface area contributed by atoms with Crippen LogP contribution in [-0.2, 0) is 14.8 Å². The number of carbonyl (C=O) groups is 1. The van der Waals surface area contributed by atoms with Crippen molar-refractivity contribution in [1.29, 1.82) is 0 Å². The van der Waals surface area contributed by atoms with Gasteiger partial charge in [0.15, 0.2) is 5.76 Å². The maximum atomic E-state index is 13.1. The number of anilines is 1. The lowest BCUT2D eigenvalue weighted by Gasteiger charge is -2.30. The quantitative estimate of drug-likeness (QED) is 0.578. The second kappa shape index (κ2) is 8.94. The lowest BCUT2D eigenvalue weighted by Crippen LogP contribution is -2.43. The number of sulfonamides is 1. The molecule has 1 aliphatic rings. The van der Waals surface area contributed by atoms with E-state index in [4.69, 9.17) is 9.15 Å². The van der Waals surface area contributed by atoms with Crippen LogP contribution in [0.5, 0.6) is 5.75 Å². The van der Waals surface area contributed by atoms with Gasteiger partial charge in [-0.3, -0.25) is 9.89 Å². The van der Waals surface area contributed by atoms with Crippen molar-refractivity contribution in [2.45, 2.75) is 24.9 Å². The molecule has 9 nitrogen and oxygen atoms in total. The summed E-state index contributed by atoms with van der Waals surface area (Å²) < 4.78 is 38.4. The SMILES string of the molecule is CCOc1ccc(NC(=O)[C@H]2CCCN(S(=O)(=O)c3ccc(-c4ccn[nH]4)o3)C2)cc1. The van der Waals surface area contributed by atoms with Gasteiger partial charge in [-0.25, -0.2) is 8.42 Å². The number of aromatic amines is 1. The molecule has 1 atom stereocenters. The van der Waals surface area contributed by atoms with Gasteiger partial charge in [-0.05, 0) is 62.2 Å². The van der Waals surface area contributed by atoms with Crippen molar-refractivity contribution in [2.24, 2.45) is 5.92 Å². The van der Waals surface area contributed by atoms with E-state index in [-0.39, 0.29) is 17.5 Å². The molecule has 31 heavy (non-hydrogen) atoms. The average Bonchev–Trinajstić information content (AvgIpc) is 3.48. The minimum absolute atomic E-state index is 0.102. The second-order valence-corrected chi connectivity index (χ2v) is 9.11. The van der Waals surface area contributed by atoms with E-state index in [9.17, 15) is 13.2 Å². The molecule has 2 N–H and O–H groups in total. The average molecular weight is 445 g/mol. The third kappa shape index (κ3) is 4.64. The molecule has 0 bridgehead atoms. The smallest absolute Gasteiger partial charge is 0.276 e. The van der Waals surface area contributed by atoms with Crippen LogP contribution in [-0.4, -0.2) is 48.5 Å². The molecule has 2 aromatic heterocycles. The molecule has 164 valence electrons. The third-order valence-corrected chi connectivity index (χ3v) is 6.87. The molecule has 3 aromatic rings. The highest BCUT2D eigenvalue weighted by Gasteiger charge is 2.35. The Morgan fingerprint density at radius 2 is 2.06 bits per heavy atom. The number of rotatable bonds is 7. The highest BCUT2D eigenvalue weighted by atomic mass is 32.2. The maximum Gasteiger partial charge on any atom is 0.276 e. The number of ether oxygens (including phenoxy) is 1. The minimum Gasteiger partial charge on any atom is -0.494 e. The summed E-state index contributed by atoms with van der Waals surface area (Å²) in [7, 11) is -3.85. The molecule has 10 heteroatoms. The van der Waals surface area contributed by atoms with Crippen molar-refractivity contribution in [3.8, 4) is 17.2 Å². The van der Waals surface area contributed by atoms with Gasteiger partial charge in [-0.1, -0.05) is 0 Å². The van der Waals surface area contributed by atoms with E-state index in [1.165, 1.54) is 10.4 Å². The number of furan rings is 1. The molecule has 0 spiro atoms. The van der Waals surface area contributed by atoms with Crippen LogP contribution in [0, 0.1) is 5.92 Å². The van der Waals surface area contributed by atoms with Gasteiger partial charge in [-0.2, -0.15) is 9.40 Å². The van der Waals surface area contributed by atoms with Gasteiger partial charge < -0.3 is 14.5 Å². The Kier molecular flexibility index (Phi) is 6.10. The zero-order chi connectivity index (χ0) is 21.8. The number of piperidine rings is 1. The van der Waals surface area contributed by atoms with Crippen LogP contribution in [0.25, 0.3) is 11.5 Å². The van der Waals surface area contributed by atoms with Gasteiger partial charge >= 0.3 is 0 Å². The Bertz CT molecular complexity index is 1120. The number of carbonyl (C=O) groups excluding carboxylic acids is 1. The van der Waals surface area contributed by atoms with Gasteiger partial charge in [-0.15, -0.1) is 0 Å². The fourth-order valence-corrected chi connectivity index (χ4v) is 4.98. The molecule has 1 fully saturated rings. The first-order valence-corrected chi connectivity index (χ1v) is 11.5. The largest absolute Gasteiger partial charge is 0.494 e. The molecule has 1 amide bonds. The van der Waals surface area contributed by atoms with Crippen LogP contribution in [0.1, 0.15) is 19.8 Å². The number of hydrogen-bond acceptors (Lipinski definition) is 6. The second-order valence-electron chi connectivity index (χ2n) is 7.24. The Morgan fingerprint density at radius 3 is 2.77 bits per heavy atom. The summed E-state index contributed by atoms with van der Waals surface area (Å²) in [5.41, 5.74) is 1.23. The van der Waals surface area contributed by atoms with E-state index >= 15 is 0 Å². The molecule has 0 aliphatic carbocycles. The lowest BCUT2D eigenvalue weighted by molar-refractivity contribution is -0.120. The van der Waals surface area contributed by atoms with E-state index in [2.05, 4.69) is 15.5 Å². The Balaban J connectivity index is 1.43. The zero-order valence-corrected chi connectivity index (χ0v) is 17.9. The number of nitrogens with zero attached hydrogens (tertiary/aromatic N) is 2. The lowest BCUT2D eigenvalue weighted by atomic mass is 9.99. The summed E-state index contributed by atoms with van der Waals surface area (Å²) in [5.74, 6) is 0.458. The van der Waals surface area contributed by atoms with Gasteiger partial charge in [0.05, 0.1) is 12.5 Å². The third-order valence-electron chi connectivity index (χ3n) is 5.13. The highest BCUT2D eigenvalue weighted by molar-refractivity contribution is 7.89. The Hall–Kier alpha value is -3.11. The van der Waals surface area contributed by atoms with Crippen molar-refractivity contribution in [2.75, 3.05) is 25.0 Å². The van der Waals surface area contributed by atoms with Gasteiger partial charge in [0, 0.05) is 25.0 Å². The summed E-state index contributed by atoms with van der Waals surface area (Å²) in [5, 5.41) is 9.30. The van der Waals surface area contributed by atoms with Crippen LogP contribution in [0.2, 0.25) is 0 Å². The van der Waals surface area contributed by atoms with Crippen LogP contribution in [0.15, 0.2) is 58.2 Å². The molecule has 0 radical (unpaired) electrons. The van der Waals surface area contributed by atoms with E-state index in [0.717, 1.165) is 5.75 Å². The molecular formula is C21H24N4O5S. The summed E-state index contributed by atoms with van der Waals surface area (Å²) in [6, 6.07) is 11.8. The van der Waals surface area contributed by atoms with Gasteiger partial charge in [0.1, 0.15) is 11.4 Å². The molecular weight excluding hydrogens is 420 g/mol.